The number of aromatic amines is 1. The highest BCUT2D eigenvalue weighted by Gasteiger charge is 2.13. The van der Waals surface area contributed by atoms with E-state index >= 15 is 0 Å². The fraction of sp³-hybridized carbons (Fsp3) is 0.188. The zero-order valence-electron chi connectivity index (χ0n) is 11.2. The van der Waals surface area contributed by atoms with Crippen LogP contribution in [0.2, 0.25) is 0 Å². The van der Waals surface area contributed by atoms with E-state index in [0.717, 1.165) is 41.1 Å². The molecule has 0 saturated carbocycles. The predicted molar refractivity (Wildman–Crippen MR) is 80.3 cm³/mol. The van der Waals surface area contributed by atoms with E-state index in [0.29, 0.717) is 0 Å². The molecule has 1 aliphatic heterocycles. The third-order valence-electron chi connectivity index (χ3n) is 3.76. The van der Waals surface area contributed by atoms with E-state index in [1.54, 1.807) is 7.11 Å². The smallest absolute Gasteiger partial charge is 0.138 e. The number of methoxy groups -OCH3 is 1. The van der Waals surface area contributed by atoms with Gasteiger partial charge in [0.15, 0.2) is 0 Å². The van der Waals surface area contributed by atoms with Gasteiger partial charge in [-0.3, -0.25) is 0 Å². The average Bonchev–Trinajstić information content (AvgIpc) is 3.10. The average molecular weight is 265 g/mol. The molecule has 0 unspecified atom stereocenters. The van der Waals surface area contributed by atoms with Crippen molar-refractivity contribution in [2.45, 2.75) is 6.42 Å². The first-order valence-corrected chi connectivity index (χ1v) is 6.74. The first kappa shape index (κ1) is 11.3. The molecule has 3 aromatic rings. The van der Waals surface area contributed by atoms with Gasteiger partial charge in [0.05, 0.1) is 18.1 Å². The highest BCUT2D eigenvalue weighted by Crippen LogP contribution is 2.29. The molecule has 0 saturated heterocycles. The molecule has 1 aromatic heterocycles. The van der Waals surface area contributed by atoms with Gasteiger partial charge in [-0.15, -0.1) is 0 Å². The second-order valence-corrected chi connectivity index (χ2v) is 5.02. The molecule has 4 heteroatoms. The lowest BCUT2D eigenvalue weighted by atomic mass is 10.1. The van der Waals surface area contributed by atoms with Gasteiger partial charge in [-0.2, -0.15) is 0 Å². The van der Waals surface area contributed by atoms with Crippen LogP contribution in [-0.4, -0.2) is 23.6 Å². The molecule has 2 heterocycles. The number of benzene rings is 2. The number of hydrogen-bond donors (Lipinski definition) is 2. The Labute approximate surface area is 116 Å². The van der Waals surface area contributed by atoms with Gasteiger partial charge in [0.25, 0.3) is 0 Å². The molecule has 0 bridgehead atoms. The summed E-state index contributed by atoms with van der Waals surface area (Å²) in [5.74, 6) is 1.72. The van der Waals surface area contributed by atoms with Crippen molar-refractivity contribution in [3.8, 4) is 17.1 Å². The van der Waals surface area contributed by atoms with Crippen LogP contribution in [0.5, 0.6) is 5.75 Å². The van der Waals surface area contributed by atoms with Gasteiger partial charge in [-0.25, -0.2) is 4.98 Å². The highest BCUT2D eigenvalue weighted by atomic mass is 16.5. The van der Waals surface area contributed by atoms with Crippen molar-refractivity contribution < 1.29 is 4.74 Å². The minimum absolute atomic E-state index is 0.840. The number of rotatable bonds is 2. The standard InChI is InChI=1S/C16H15N3O/c1-20-12-4-2-3-11(7-12)16-18-14-8-10-5-6-17-13(10)9-15(14)19-16/h2-4,7-9,17H,5-6H2,1H3,(H,18,19). The Morgan fingerprint density at radius 3 is 3.05 bits per heavy atom. The van der Waals surface area contributed by atoms with Gasteiger partial charge in [-0.05, 0) is 36.2 Å². The molecule has 20 heavy (non-hydrogen) atoms. The normalized spacial score (nSPS) is 13.2. The lowest BCUT2D eigenvalue weighted by Gasteiger charge is -2.01. The van der Waals surface area contributed by atoms with Crippen LogP contribution >= 0.6 is 0 Å². The molecule has 0 fully saturated rings. The molecule has 0 aliphatic carbocycles. The minimum atomic E-state index is 0.840. The zero-order chi connectivity index (χ0) is 13.5. The van der Waals surface area contributed by atoms with E-state index in [2.05, 4.69) is 27.4 Å². The third-order valence-corrected chi connectivity index (χ3v) is 3.76. The van der Waals surface area contributed by atoms with Crippen LogP contribution in [0, 0.1) is 0 Å². The van der Waals surface area contributed by atoms with Gasteiger partial charge < -0.3 is 15.0 Å². The van der Waals surface area contributed by atoms with Crippen molar-refractivity contribution >= 4 is 16.7 Å². The van der Waals surface area contributed by atoms with E-state index < -0.39 is 0 Å². The summed E-state index contributed by atoms with van der Waals surface area (Å²) in [6.45, 7) is 1.02. The molecule has 0 atom stereocenters. The lowest BCUT2D eigenvalue weighted by Crippen LogP contribution is -1.90. The molecular weight excluding hydrogens is 250 g/mol. The maximum atomic E-state index is 5.26. The molecule has 4 nitrogen and oxygen atoms in total. The van der Waals surface area contributed by atoms with Gasteiger partial charge >= 0.3 is 0 Å². The largest absolute Gasteiger partial charge is 0.497 e. The van der Waals surface area contributed by atoms with Crippen molar-refractivity contribution in [2.75, 3.05) is 19.0 Å². The second kappa shape index (κ2) is 4.27. The number of aromatic nitrogens is 2. The summed E-state index contributed by atoms with van der Waals surface area (Å²) >= 11 is 0. The van der Waals surface area contributed by atoms with Crippen molar-refractivity contribution in [3.63, 3.8) is 0 Å². The molecule has 0 amide bonds. The van der Waals surface area contributed by atoms with Gasteiger partial charge in [0.2, 0.25) is 0 Å². The first-order chi connectivity index (χ1) is 9.83. The van der Waals surface area contributed by atoms with Crippen molar-refractivity contribution in [2.24, 2.45) is 0 Å². The Hall–Kier alpha value is -2.49. The van der Waals surface area contributed by atoms with Crippen LogP contribution < -0.4 is 10.1 Å². The van der Waals surface area contributed by atoms with Crippen LogP contribution in [0.4, 0.5) is 5.69 Å². The fourth-order valence-corrected chi connectivity index (χ4v) is 2.71. The monoisotopic (exact) mass is 265 g/mol. The van der Waals surface area contributed by atoms with Gasteiger partial charge in [0.1, 0.15) is 11.6 Å². The number of imidazole rings is 1. The van der Waals surface area contributed by atoms with E-state index in [9.17, 15) is 0 Å². The van der Waals surface area contributed by atoms with Crippen LogP contribution in [0.15, 0.2) is 36.4 Å². The first-order valence-electron chi connectivity index (χ1n) is 6.74. The Morgan fingerprint density at radius 1 is 1.20 bits per heavy atom. The molecule has 2 aromatic carbocycles. The lowest BCUT2D eigenvalue weighted by molar-refractivity contribution is 0.415. The number of nitrogens with one attached hydrogen (secondary N) is 2. The zero-order valence-corrected chi connectivity index (χ0v) is 11.2. The fourth-order valence-electron chi connectivity index (χ4n) is 2.71. The topological polar surface area (TPSA) is 49.9 Å². The van der Waals surface area contributed by atoms with Crippen LogP contribution in [0.3, 0.4) is 0 Å². The van der Waals surface area contributed by atoms with Crippen LogP contribution in [0.1, 0.15) is 5.56 Å². The van der Waals surface area contributed by atoms with E-state index in [4.69, 9.17) is 4.74 Å². The van der Waals surface area contributed by atoms with Crippen molar-refractivity contribution in [3.05, 3.63) is 42.0 Å². The Kier molecular flexibility index (Phi) is 2.42. The van der Waals surface area contributed by atoms with E-state index in [1.165, 1.54) is 11.3 Å². The molecule has 2 N–H and O–H groups in total. The number of H-pyrrole nitrogens is 1. The third kappa shape index (κ3) is 1.72. The second-order valence-electron chi connectivity index (χ2n) is 5.02. The molecule has 100 valence electrons. The Morgan fingerprint density at radius 2 is 2.15 bits per heavy atom. The number of anilines is 1. The van der Waals surface area contributed by atoms with Gasteiger partial charge in [0, 0.05) is 17.8 Å². The summed E-state index contributed by atoms with van der Waals surface area (Å²) in [5.41, 5.74) is 5.69. The molecular formula is C16H15N3O. The number of nitrogens with zero attached hydrogens (tertiary/aromatic N) is 1. The van der Waals surface area contributed by atoms with E-state index in [-0.39, 0.29) is 0 Å². The van der Waals surface area contributed by atoms with Crippen molar-refractivity contribution in [1.29, 1.82) is 0 Å². The number of fused-ring (bicyclic) bond motifs is 2. The van der Waals surface area contributed by atoms with E-state index in [1.807, 2.05) is 24.3 Å². The number of ether oxygens (including phenoxy) is 1. The van der Waals surface area contributed by atoms with Gasteiger partial charge in [-0.1, -0.05) is 12.1 Å². The summed E-state index contributed by atoms with van der Waals surface area (Å²) in [4.78, 5) is 8.08. The molecule has 0 radical (unpaired) electrons. The highest BCUT2D eigenvalue weighted by molar-refractivity contribution is 5.85. The predicted octanol–water partition coefficient (Wildman–Crippen LogP) is 3.21. The Bertz CT molecular complexity index is 751. The molecule has 0 spiro atoms. The van der Waals surface area contributed by atoms with Crippen LogP contribution in [0.25, 0.3) is 22.4 Å². The summed E-state index contributed by atoms with van der Waals surface area (Å²) in [6.07, 6.45) is 1.08. The maximum absolute atomic E-state index is 5.26. The SMILES string of the molecule is COc1cccc(-c2nc3cc4c(cc3[nH]2)CCN4)c1. The quantitative estimate of drug-likeness (QED) is 0.748. The summed E-state index contributed by atoms with van der Waals surface area (Å²) in [5, 5.41) is 3.39. The van der Waals surface area contributed by atoms with Crippen molar-refractivity contribution in [1.82, 2.24) is 9.97 Å². The Balaban J connectivity index is 1.84. The summed E-state index contributed by atoms with van der Waals surface area (Å²) < 4.78 is 5.26. The number of hydrogen-bond acceptors (Lipinski definition) is 3. The maximum Gasteiger partial charge on any atom is 0.138 e. The molecule has 4 rings (SSSR count). The minimum Gasteiger partial charge on any atom is -0.497 e. The summed E-state index contributed by atoms with van der Waals surface area (Å²) in [6, 6.07) is 12.3. The molecule has 1 aliphatic rings. The van der Waals surface area contributed by atoms with Crippen LogP contribution in [-0.2, 0) is 6.42 Å². The summed E-state index contributed by atoms with van der Waals surface area (Å²) in [7, 11) is 1.67.